The predicted octanol–water partition coefficient (Wildman–Crippen LogP) is 8.41. The molecule has 4 aromatic carbocycles. The summed E-state index contributed by atoms with van der Waals surface area (Å²) in [6.07, 6.45) is 3.26. The van der Waals surface area contributed by atoms with Crippen molar-refractivity contribution in [1.29, 1.82) is 0 Å². The minimum absolute atomic E-state index is 0. The van der Waals surface area contributed by atoms with E-state index in [-0.39, 0.29) is 24.8 Å². The normalized spacial score (nSPS) is 17.5. The molecule has 0 radical (unpaired) electrons. The Kier molecular flexibility index (Phi) is 10.3. The molecule has 2 nitrogen and oxygen atoms in total. The Morgan fingerprint density at radius 3 is 1.95 bits per heavy atom. The Morgan fingerprint density at radius 1 is 0.711 bits per heavy atom. The zero-order valence-corrected chi connectivity index (χ0v) is 24.8. The SMILES string of the molecule is CSc1ccc2c(c1)C(N1CCN(C(c3ccccc3)c3ccccc3)CC1)Cc1ccccc1S2.Cl.Cl. The van der Waals surface area contributed by atoms with Crippen LogP contribution < -0.4 is 0 Å². The van der Waals surface area contributed by atoms with Crippen LogP contribution in [-0.2, 0) is 6.42 Å². The van der Waals surface area contributed by atoms with E-state index in [0.29, 0.717) is 12.1 Å². The molecule has 0 amide bonds. The average Bonchev–Trinajstić information content (AvgIpc) is 3.11. The number of halogens is 2. The summed E-state index contributed by atoms with van der Waals surface area (Å²) >= 11 is 3.79. The van der Waals surface area contributed by atoms with Gasteiger partial charge in [-0.15, -0.1) is 36.6 Å². The Balaban J connectivity index is 0.00000168. The first-order valence-corrected chi connectivity index (χ1v) is 14.9. The standard InChI is InChI=1S/C32H32N2S2.2ClH/c1-35-27-16-17-31-28(23-27)29(22-26-14-8-9-15-30(26)36-31)33-18-20-34(21-19-33)32(24-10-4-2-5-11-24)25-12-6-3-7-13-25;;/h2-17,23,29,32H,18-22H2,1H3;2*1H. The van der Waals surface area contributed by atoms with E-state index in [1.165, 1.54) is 36.9 Å². The molecule has 0 aliphatic carbocycles. The van der Waals surface area contributed by atoms with E-state index in [1.54, 1.807) is 0 Å². The van der Waals surface area contributed by atoms with Crippen molar-refractivity contribution in [2.75, 3.05) is 32.4 Å². The molecule has 0 N–H and O–H groups in total. The van der Waals surface area contributed by atoms with Gasteiger partial charge in [0.1, 0.15) is 0 Å². The summed E-state index contributed by atoms with van der Waals surface area (Å²) in [5, 5.41) is 0. The number of rotatable bonds is 5. The molecule has 0 bridgehead atoms. The van der Waals surface area contributed by atoms with Crippen LogP contribution in [0.5, 0.6) is 0 Å². The number of hydrogen-bond donors (Lipinski definition) is 0. The lowest BCUT2D eigenvalue weighted by Crippen LogP contribution is -2.49. The highest BCUT2D eigenvalue weighted by atomic mass is 35.5. The molecule has 38 heavy (non-hydrogen) atoms. The topological polar surface area (TPSA) is 6.48 Å². The van der Waals surface area contributed by atoms with Crippen molar-refractivity contribution < 1.29 is 0 Å². The van der Waals surface area contributed by atoms with Crippen molar-refractivity contribution in [2.24, 2.45) is 0 Å². The second-order valence-electron chi connectivity index (χ2n) is 9.63. The zero-order valence-electron chi connectivity index (χ0n) is 21.5. The van der Waals surface area contributed by atoms with Crippen LogP contribution in [0.3, 0.4) is 0 Å². The molecule has 2 aliphatic rings. The van der Waals surface area contributed by atoms with Crippen LogP contribution in [-0.4, -0.2) is 42.2 Å². The Hall–Kier alpha value is -1.92. The fraction of sp³-hybridized carbons (Fsp3) is 0.250. The lowest BCUT2D eigenvalue weighted by atomic mass is 9.94. The van der Waals surface area contributed by atoms with Crippen LogP contribution in [0.25, 0.3) is 0 Å². The molecule has 4 aromatic rings. The van der Waals surface area contributed by atoms with E-state index < -0.39 is 0 Å². The van der Waals surface area contributed by atoms with Gasteiger partial charge < -0.3 is 0 Å². The maximum Gasteiger partial charge on any atom is 0.0602 e. The minimum Gasteiger partial charge on any atom is -0.293 e. The van der Waals surface area contributed by atoms with E-state index >= 15 is 0 Å². The molecular weight excluding hydrogens is 547 g/mol. The van der Waals surface area contributed by atoms with Gasteiger partial charge >= 0.3 is 0 Å². The van der Waals surface area contributed by atoms with Gasteiger partial charge in [-0.05, 0) is 59.2 Å². The Labute approximate surface area is 248 Å². The van der Waals surface area contributed by atoms with Gasteiger partial charge in [0.25, 0.3) is 0 Å². The number of thioether (sulfide) groups is 1. The number of hydrogen-bond acceptors (Lipinski definition) is 4. The van der Waals surface area contributed by atoms with Gasteiger partial charge in [-0.1, -0.05) is 90.6 Å². The summed E-state index contributed by atoms with van der Waals surface area (Å²) in [5.41, 5.74) is 5.74. The molecule has 1 atom stereocenters. The highest BCUT2D eigenvalue weighted by Gasteiger charge is 2.32. The average molecular weight is 582 g/mol. The third-order valence-electron chi connectivity index (χ3n) is 7.57. The lowest BCUT2D eigenvalue weighted by Gasteiger charge is -2.43. The first-order chi connectivity index (χ1) is 17.8. The van der Waals surface area contributed by atoms with Crippen molar-refractivity contribution in [3.05, 3.63) is 125 Å². The summed E-state index contributed by atoms with van der Waals surface area (Å²) < 4.78 is 0. The molecule has 6 rings (SSSR count). The molecular formula is C32H34Cl2N2S2. The first kappa shape index (κ1) is 29.1. The smallest absolute Gasteiger partial charge is 0.0602 e. The van der Waals surface area contributed by atoms with Gasteiger partial charge in [0.05, 0.1) is 6.04 Å². The van der Waals surface area contributed by atoms with Crippen LogP contribution >= 0.6 is 48.3 Å². The van der Waals surface area contributed by atoms with Crippen molar-refractivity contribution in [3.63, 3.8) is 0 Å². The van der Waals surface area contributed by atoms with E-state index in [4.69, 9.17) is 0 Å². The largest absolute Gasteiger partial charge is 0.293 e. The molecule has 2 aliphatic heterocycles. The predicted molar refractivity (Wildman–Crippen MR) is 168 cm³/mol. The number of benzene rings is 4. The van der Waals surface area contributed by atoms with Gasteiger partial charge in [-0.25, -0.2) is 0 Å². The maximum atomic E-state index is 2.75. The van der Waals surface area contributed by atoms with Gasteiger partial charge in [0.2, 0.25) is 0 Å². The van der Waals surface area contributed by atoms with Crippen LogP contribution in [0.1, 0.15) is 34.3 Å². The van der Waals surface area contributed by atoms with E-state index in [9.17, 15) is 0 Å². The van der Waals surface area contributed by atoms with Crippen molar-refractivity contribution in [3.8, 4) is 0 Å². The van der Waals surface area contributed by atoms with Crippen LogP contribution in [0, 0.1) is 0 Å². The van der Waals surface area contributed by atoms with Gasteiger partial charge in [-0.3, -0.25) is 9.80 Å². The van der Waals surface area contributed by atoms with E-state index in [0.717, 1.165) is 32.6 Å². The monoisotopic (exact) mass is 580 g/mol. The third kappa shape index (κ3) is 6.12. The lowest BCUT2D eigenvalue weighted by molar-refractivity contribution is 0.0772. The van der Waals surface area contributed by atoms with Gasteiger partial charge in [-0.2, -0.15) is 0 Å². The molecule has 6 heteroatoms. The summed E-state index contributed by atoms with van der Waals surface area (Å²) in [5.74, 6) is 0. The van der Waals surface area contributed by atoms with Crippen LogP contribution in [0.15, 0.2) is 118 Å². The van der Waals surface area contributed by atoms with Crippen LogP contribution in [0.2, 0.25) is 0 Å². The molecule has 0 spiro atoms. The molecule has 198 valence electrons. The highest BCUT2D eigenvalue weighted by Crippen LogP contribution is 2.44. The fourth-order valence-electron chi connectivity index (χ4n) is 5.73. The van der Waals surface area contributed by atoms with Gasteiger partial charge in [0, 0.05) is 46.9 Å². The number of fused-ring (bicyclic) bond motifs is 2. The molecule has 1 fully saturated rings. The summed E-state index contributed by atoms with van der Waals surface area (Å²) in [4.78, 5) is 9.60. The van der Waals surface area contributed by atoms with E-state index in [2.05, 4.69) is 119 Å². The summed E-state index contributed by atoms with van der Waals surface area (Å²) in [6, 6.07) is 38.8. The summed E-state index contributed by atoms with van der Waals surface area (Å²) in [7, 11) is 0. The second-order valence-corrected chi connectivity index (χ2v) is 11.6. The van der Waals surface area contributed by atoms with Crippen LogP contribution in [0.4, 0.5) is 0 Å². The second kappa shape index (κ2) is 13.4. The quantitative estimate of drug-likeness (QED) is 0.218. The Bertz CT molecular complexity index is 1270. The van der Waals surface area contributed by atoms with Crippen molar-refractivity contribution in [1.82, 2.24) is 9.80 Å². The van der Waals surface area contributed by atoms with E-state index in [1.807, 2.05) is 23.5 Å². The first-order valence-electron chi connectivity index (χ1n) is 12.8. The number of nitrogens with zero attached hydrogens (tertiary/aromatic N) is 2. The highest BCUT2D eigenvalue weighted by molar-refractivity contribution is 7.99. The number of piperazine rings is 1. The molecule has 0 aromatic heterocycles. The van der Waals surface area contributed by atoms with Gasteiger partial charge in [0.15, 0.2) is 0 Å². The molecule has 1 unspecified atom stereocenters. The van der Waals surface area contributed by atoms with Crippen molar-refractivity contribution >= 4 is 48.3 Å². The van der Waals surface area contributed by atoms with Crippen molar-refractivity contribution in [2.45, 2.75) is 33.2 Å². The maximum absolute atomic E-state index is 2.75. The third-order valence-corrected chi connectivity index (χ3v) is 9.50. The fourth-order valence-corrected chi connectivity index (χ4v) is 7.30. The molecule has 0 saturated carbocycles. The minimum atomic E-state index is 0. The molecule has 1 saturated heterocycles. The summed E-state index contributed by atoms with van der Waals surface area (Å²) in [6.45, 7) is 4.29. The Morgan fingerprint density at radius 2 is 1.32 bits per heavy atom. The zero-order chi connectivity index (χ0) is 24.3. The molecule has 2 heterocycles.